The molecule has 2 rings (SSSR count). The summed E-state index contributed by atoms with van der Waals surface area (Å²) in [6, 6.07) is 5.21. The van der Waals surface area contributed by atoms with Gasteiger partial charge >= 0.3 is 0 Å². The second-order valence-electron chi connectivity index (χ2n) is 4.14. The summed E-state index contributed by atoms with van der Waals surface area (Å²) < 4.78 is 8.62. The molecule has 2 aromatic rings. The molecule has 0 radical (unpaired) electrons. The zero-order chi connectivity index (χ0) is 14.0. The SMILES string of the molecule is CCn1nc(C)c(Br)c1COc1ccc(N)cc1Cl. The summed E-state index contributed by atoms with van der Waals surface area (Å²) in [6.45, 7) is 5.19. The largest absolute Gasteiger partial charge is 0.486 e. The van der Waals surface area contributed by atoms with Gasteiger partial charge in [-0.3, -0.25) is 4.68 Å². The molecule has 4 nitrogen and oxygen atoms in total. The molecule has 1 heterocycles. The molecule has 0 aliphatic carbocycles. The van der Waals surface area contributed by atoms with Crippen molar-refractivity contribution in [2.75, 3.05) is 5.73 Å². The fraction of sp³-hybridized carbons (Fsp3) is 0.308. The Morgan fingerprint density at radius 1 is 1.47 bits per heavy atom. The van der Waals surface area contributed by atoms with Crippen LogP contribution in [0, 0.1) is 6.92 Å². The number of hydrogen-bond acceptors (Lipinski definition) is 3. The molecule has 0 aliphatic rings. The molecule has 1 aromatic heterocycles. The highest BCUT2D eigenvalue weighted by atomic mass is 79.9. The van der Waals surface area contributed by atoms with Crippen LogP contribution in [0.4, 0.5) is 5.69 Å². The molecule has 1 aromatic carbocycles. The molecule has 19 heavy (non-hydrogen) atoms. The maximum Gasteiger partial charge on any atom is 0.138 e. The highest BCUT2D eigenvalue weighted by Gasteiger charge is 2.13. The van der Waals surface area contributed by atoms with Crippen LogP contribution in [0.1, 0.15) is 18.3 Å². The number of benzene rings is 1. The predicted molar refractivity (Wildman–Crippen MR) is 80.5 cm³/mol. The van der Waals surface area contributed by atoms with Gasteiger partial charge in [-0.25, -0.2) is 0 Å². The third-order valence-corrected chi connectivity index (χ3v) is 4.10. The zero-order valence-electron chi connectivity index (χ0n) is 10.8. The summed E-state index contributed by atoms with van der Waals surface area (Å²) in [5.74, 6) is 0.615. The Morgan fingerprint density at radius 3 is 2.84 bits per heavy atom. The maximum atomic E-state index is 6.08. The molecule has 0 atom stereocenters. The van der Waals surface area contributed by atoms with Crippen molar-refractivity contribution in [1.29, 1.82) is 0 Å². The number of halogens is 2. The minimum atomic E-state index is 0.402. The first-order valence-corrected chi connectivity index (χ1v) is 7.09. The number of nitrogen functional groups attached to an aromatic ring is 1. The van der Waals surface area contributed by atoms with Crippen LogP contribution in [0.15, 0.2) is 22.7 Å². The van der Waals surface area contributed by atoms with E-state index in [0.29, 0.717) is 23.1 Å². The van der Waals surface area contributed by atoms with Crippen molar-refractivity contribution >= 4 is 33.2 Å². The molecule has 0 aliphatic heterocycles. The van der Waals surface area contributed by atoms with E-state index in [0.717, 1.165) is 22.4 Å². The van der Waals surface area contributed by atoms with Gasteiger partial charge in [0.1, 0.15) is 12.4 Å². The number of anilines is 1. The van der Waals surface area contributed by atoms with Gasteiger partial charge in [0.25, 0.3) is 0 Å². The predicted octanol–water partition coefficient (Wildman–Crippen LogP) is 3.79. The first-order valence-electron chi connectivity index (χ1n) is 5.92. The number of rotatable bonds is 4. The number of ether oxygens (including phenoxy) is 1. The van der Waals surface area contributed by atoms with Crippen molar-refractivity contribution in [1.82, 2.24) is 9.78 Å². The molecular weight excluding hydrogens is 330 g/mol. The van der Waals surface area contributed by atoms with E-state index in [2.05, 4.69) is 21.0 Å². The number of aryl methyl sites for hydroxylation is 2. The molecule has 6 heteroatoms. The average Bonchev–Trinajstić information content (AvgIpc) is 2.65. The Balaban J connectivity index is 2.18. The number of aromatic nitrogens is 2. The lowest BCUT2D eigenvalue weighted by Crippen LogP contribution is -2.06. The van der Waals surface area contributed by atoms with Gasteiger partial charge in [-0.05, 0) is 48.0 Å². The summed E-state index contributed by atoms with van der Waals surface area (Å²) in [7, 11) is 0. The Morgan fingerprint density at radius 2 is 2.21 bits per heavy atom. The van der Waals surface area contributed by atoms with Crippen molar-refractivity contribution < 1.29 is 4.74 Å². The Hall–Kier alpha value is -1.20. The summed E-state index contributed by atoms with van der Waals surface area (Å²) in [6.07, 6.45) is 0. The smallest absolute Gasteiger partial charge is 0.138 e. The number of nitrogens with zero attached hydrogens (tertiary/aromatic N) is 2. The van der Waals surface area contributed by atoms with Gasteiger partial charge in [0.15, 0.2) is 0 Å². The Labute approximate surface area is 125 Å². The van der Waals surface area contributed by atoms with E-state index in [1.165, 1.54) is 0 Å². The molecule has 0 saturated heterocycles. The van der Waals surface area contributed by atoms with Crippen LogP contribution in [0.5, 0.6) is 5.75 Å². The lowest BCUT2D eigenvalue weighted by atomic mass is 10.3. The Bertz CT molecular complexity index is 598. The van der Waals surface area contributed by atoms with Gasteiger partial charge < -0.3 is 10.5 Å². The quantitative estimate of drug-likeness (QED) is 0.859. The summed E-state index contributed by atoms with van der Waals surface area (Å²) in [5.41, 5.74) is 8.21. The highest BCUT2D eigenvalue weighted by Crippen LogP contribution is 2.28. The second-order valence-corrected chi connectivity index (χ2v) is 5.34. The van der Waals surface area contributed by atoms with Crippen molar-refractivity contribution in [3.8, 4) is 5.75 Å². The van der Waals surface area contributed by atoms with Crippen molar-refractivity contribution in [2.24, 2.45) is 0 Å². The minimum Gasteiger partial charge on any atom is -0.486 e. The summed E-state index contributed by atoms with van der Waals surface area (Å²) in [4.78, 5) is 0. The molecule has 0 saturated carbocycles. The molecule has 0 amide bonds. The topological polar surface area (TPSA) is 53.1 Å². The molecule has 0 unspecified atom stereocenters. The fourth-order valence-electron chi connectivity index (χ4n) is 1.79. The maximum absolute atomic E-state index is 6.08. The lowest BCUT2D eigenvalue weighted by molar-refractivity contribution is 0.292. The van der Waals surface area contributed by atoms with E-state index in [4.69, 9.17) is 22.1 Å². The number of hydrogen-bond donors (Lipinski definition) is 1. The van der Waals surface area contributed by atoms with Gasteiger partial charge in [0.2, 0.25) is 0 Å². The van der Waals surface area contributed by atoms with Crippen LogP contribution in [-0.4, -0.2) is 9.78 Å². The monoisotopic (exact) mass is 343 g/mol. The average molecular weight is 345 g/mol. The van der Waals surface area contributed by atoms with E-state index in [9.17, 15) is 0 Å². The minimum absolute atomic E-state index is 0.402. The Kier molecular flexibility index (Phi) is 4.37. The molecule has 2 N–H and O–H groups in total. The van der Waals surface area contributed by atoms with Crippen LogP contribution in [0.3, 0.4) is 0 Å². The highest BCUT2D eigenvalue weighted by molar-refractivity contribution is 9.10. The molecular formula is C13H15BrClN3O. The third kappa shape index (κ3) is 3.04. The number of nitrogens with two attached hydrogens (primary N) is 1. The fourth-order valence-corrected chi connectivity index (χ4v) is 2.43. The van der Waals surface area contributed by atoms with Crippen molar-refractivity contribution in [3.05, 3.63) is 39.1 Å². The van der Waals surface area contributed by atoms with Gasteiger partial charge in [0, 0.05) is 12.2 Å². The van der Waals surface area contributed by atoms with Gasteiger partial charge in [-0.2, -0.15) is 5.10 Å². The van der Waals surface area contributed by atoms with Gasteiger partial charge in [-0.1, -0.05) is 11.6 Å². The first kappa shape index (κ1) is 14.2. The van der Waals surface area contributed by atoms with Crippen LogP contribution in [-0.2, 0) is 13.2 Å². The van der Waals surface area contributed by atoms with Crippen LogP contribution in [0.25, 0.3) is 0 Å². The summed E-state index contributed by atoms with van der Waals surface area (Å²) >= 11 is 9.60. The van der Waals surface area contributed by atoms with Gasteiger partial charge in [0.05, 0.1) is 20.9 Å². The zero-order valence-corrected chi connectivity index (χ0v) is 13.1. The normalized spacial score (nSPS) is 10.7. The molecule has 0 spiro atoms. The van der Waals surface area contributed by atoms with E-state index in [-0.39, 0.29) is 0 Å². The van der Waals surface area contributed by atoms with E-state index < -0.39 is 0 Å². The standard InChI is InChI=1S/C13H15BrClN3O/c1-3-18-11(13(14)8(2)17-18)7-19-12-5-4-9(16)6-10(12)15/h4-6H,3,7,16H2,1-2H3. The van der Waals surface area contributed by atoms with E-state index in [1.54, 1.807) is 18.2 Å². The first-order chi connectivity index (χ1) is 9.02. The third-order valence-electron chi connectivity index (χ3n) is 2.77. The lowest BCUT2D eigenvalue weighted by Gasteiger charge is -2.10. The molecule has 102 valence electrons. The van der Waals surface area contributed by atoms with Crippen molar-refractivity contribution in [3.63, 3.8) is 0 Å². The molecule has 0 bridgehead atoms. The summed E-state index contributed by atoms with van der Waals surface area (Å²) in [5, 5.41) is 4.92. The molecule has 0 fully saturated rings. The van der Waals surface area contributed by atoms with E-state index in [1.807, 2.05) is 18.5 Å². The van der Waals surface area contributed by atoms with Gasteiger partial charge in [-0.15, -0.1) is 0 Å². The van der Waals surface area contributed by atoms with Crippen LogP contribution >= 0.6 is 27.5 Å². The van der Waals surface area contributed by atoms with Crippen molar-refractivity contribution in [2.45, 2.75) is 27.0 Å². The van der Waals surface area contributed by atoms with Crippen LogP contribution < -0.4 is 10.5 Å². The second kappa shape index (κ2) is 5.84. The van der Waals surface area contributed by atoms with Crippen LogP contribution in [0.2, 0.25) is 5.02 Å². The van der Waals surface area contributed by atoms with E-state index >= 15 is 0 Å².